The summed E-state index contributed by atoms with van der Waals surface area (Å²) < 4.78 is 12.6. The van der Waals surface area contributed by atoms with Crippen molar-refractivity contribution in [2.45, 2.75) is 13.2 Å². The second-order valence-corrected chi connectivity index (χ2v) is 5.87. The summed E-state index contributed by atoms with van der Waals surface area (Å²) in [5, 5.41) is 13.2. The van der Waals surface area contributed by atoms with Gasteiger partial charge in [0.25, 0.3) is 5.56 Å². The Labute approximate surface area is 135 Å². The zero-order valence-corrected chi connectivity index (χ0v) is 12.5. The Balaban J connectivity index is 1.81. The van der Waals surface area contributed by atoms with Crippen molar-refractivity contribution in [2.75, 3.05) is 0 Å². The maximum atomic E-state index is 11.6. The smallest absolute Gasteiger partial charge is 0.287 e. The molecule has 5 rings (SSSR count). The highest BCUT2D eigenvalue weighted by molar-refractivity contribution is 5.90. The summed E-state index contributed by atoms with van der Waals surface area (Å²) in [7, 11) is 0. The van der Waals surface area contributed by atoms with Crippen LogP contribution in [0.15, 0.2) is 45.8 Å². The number of rotatable bonds is 1. The van der Waals surface area contributed by atoms with E-state index in [1.165, 1.54) is 0 Å². The second-order valence-electron chi connectivity index (χ2n) is 5.87. The van der Waals surface area contributed by atoms with E-state index in [1.54, 1.807) is 12.1 Å². The Morgan fingerprint density at radius 3 is 2.79 bits per heavy atom. The molecular formula is C18H11N3O3. The largest absolute Gasteiger partial charge is 0.378 e. The quantitative estimate of drug-likeness (QED) is 0.585. The Morgan fingerprint density at radius 1 is 1.12 bits per heavy atom. The molecular weight excluding hydrogens is 306 g/mol. The maximum absolute atomic E-state index is 11.6. The van der Waals surface area contributed by atoms with Crippen molar-refractivity contribution in [3.8, 4) is 11.8 Å². The average molecular weight is 317 g/mol. The number of fused-ring (bicyclic) bond motifs is 3. The van der Waals surface area contributed by atoms with E-state index < -0.39 is 0 Å². The van der Waals surface area contributed by atoms with Crippen molar-refractivity contribution >= 4 is 21.9 Å². The summed E-state index contributed by atoms with van der Waals surface area (Å²) in [5.41, 5.74) is 4.88. The Hall–Kier alpha value is -3.30. The van der Waals surface area contributed by atoms with Gasteiger partial charge in [0.15, 0.2) is 5.58 Å². The number of benzene rings is 2. The molecule has 6 heteroatoms. The van der Waals surface area contributed by atoms with Crippen LogP contribution in [-0.2, 0) is 18.0 Å². The number of ether oxygens (including phenoxy) is 1. The molecule has 0 fully saturated rings. The molecule has 1 aliphatic rings. The van der Waals surface area contributed by atoms with Crippen LogP contribution in [0.2, 0.25) is 0 Å². The van der Waals surface area contributed by atoms with E-state index in [9.17, 15) is 10.1 Å². The lowest BCUT2D eigenvalue weighted by Crippen LogP contribution is -1.97. The molecule has 1 aliphatic heterocycles. The van der Waals surface area contributed by atoms with Gasteiger partial charge in [-0.15, -0.1) is 0 Å². The predicted octanol–water partition coefficient (Wildman–Crippen LogP) is 2.97. The number of aromatic amines is 1. The third-order valence-electron chi connectivity index (χ3n) is 4.50. The van der Waals surface area contributed by atoms with Crippen molar-refractivity contribution in [2.24, 2.45) is 0 Å². The molecule has 116 valence electrons. The minimum absolute atomic E-state index is 0.249. The molecule has 2 aromatic carbocycles. The SMILES string of the molecule is N#Cc1cn(-c2ccc3c(=O)[nH]oc3c2)c2cc3c(cc12)COC3. The number of aromatic nitrogens is 2. The lowest BCUT2D eigenvalue weighted by atomic mass is 10.1. The van der Waals surface area contributed by atoms with Crippen LogP contribution in [-0.4, -0.2) is 9.72 Å². The number of nitrogens with zero attached hydrogens (tertiary/aromatic N) is 2. The van der Waals surface area contributed by atoms with E-state index in [4.69, 9.17) is 9.26 Å². The van der Waals surface area contributed by atoms with E-state index in [0.29, 0.717) is 29.7 Å². The van der Waals surface area contributed by atoms with Crippen LogP contribution >= 0.6 is 0 Å². The fourth-order valence-electron chi connectivity index (χ4n) is 3.29. The average Bonchev–Trinajstić information content (AvgIpc) is 3.29. The summed E-state index contributed by atoms with van der Waals surface area (Å²) in [6, 6.07) is 11.7. The first-order valence-corrected chi connectivity index (χ1v) is 7.51. The minimum Gasteiger partial charge on any atom is -0.378 e. The van der Waals surface area contributed by atoms with Crippen LogP contribution in [0.25, 0.3) is 27.6 Å². The zero-order valence-electron chi connectivity index (χ0n) is 12.5. The highest BCUT2D eigenvalue weighted by Gasteiger charge is 2.17. The van der Waals surface area contributed by atoms with Crippen LogP contribution in [0, 0.1) is 11.3 Å². The molecule has 0 radical (unpaired) electrons. The lowest BCUT2D eigenvalue weighted by molar-refractivity contribution is 0.134. The summed E-state index contributed by atoms with van der Waals surface area (Å²) in [6.45, 7) is 1.17. The first kappa shape index (κ1) is 13.2. The molecule has 3 heterocycles. The van der Waals surface area contributed by atoms with E-state index in [0.717, 1.165) is 27.7 Å². The van der Waals surface area contributed by atoms with Crippen molar-refractivity contribution in [3.05, 3.63) is 63.6 Å². The minimum atomic E-state index is -0.249. The fraction of sp³-hybridized carbons (Fsp3) is 0.111. The van der Waals surface area contributed by atoms with Crippen molar-refractivity contribution in [1.82, 2.24) is 9.72 Å². The summed E-state index contributed by atoms with van der Waals surface area (Å²) in [6.07, 6.45) is 1.81. The normalized spacial score (nSPS) is 13.5. The van der Waals surface area contributed by atoms with Crippen molar-refractivity contribution in [3.63, 3.8) is 0 Å². The van der Waals surface area contributed by atoms with E-state index in [-0.39, 0.29) is 5.56 Å². The van der Waals surface area contributed by atoms with Crippen LogP contribution in [0.5, 0.6) is 0 Å². The Morgan fingerprint density at radius 2 is 1.96 bits per heavy atom. The monoisotopic (exact) mass is 317 g/mol. The van der Waals surface area contributed by atoms with Gasteiger partial charge in [0.2, 0.25) is 0 Å². The zero-order chi connectivity index (χ0) is 16.3. The molecule has 0 amide bonds. The van der Waals surface area contributed by atoms with Gasteiger partial charge in [0.05, 0.1) is 29.7 Å². The Kier molecular flexibility index (Phi) is 2.52. The van der Waals surface area contributed by atoms with Gasteiger partial charge in [0.1, 0.15) is 6.07 Å². The molecule has 0 spiro atoms. The first-order chi connectivity index (χ1) is 11.7. The number of nitriles is 1. The van der Waals surface area contributed by atoms with Gasteiger partial charge in [-0.05, 0) is 35.4 Å². The van der Waals surface area contributed by atoms with Crippen molar-refractivity contribution in [1.29, 1.82) is 5.26 Å². The van der Waals surface area contributed by atoms with Gasteiger partial charge < -0.3 is 13.8 Å². The molecule has 0 atom stereocenters. The molecule has 4 aromatic rings. The molecule has 0 saturated carbocycles. The fourth-order valence-corrected chi connectivity index (χ4v) is 3.29. The predicted molar refractivity (Wildman–Crippen MR) is 86.9 cm³/mol. The number of hydrogen-bond acceptors (Lipinski definition) is 4. The molecule has 2 aromatic heterocycles. The summed E-state index contributed by atoms with van der Waals surface area (Å²) in [4.78, 5) is 11.6. The van der Waals surface area contributed by atoms with E-state index in [2.05, 4.69) is 17.3 Å². The van der Waals surface area contributed by atoms with Crippen LogP contribution in [0.3, 0.4) is 0 Å². The highest BCUT2D eigenvalue weighted by atomic mass is 16.5. The van der Waals surface area contributed by atoms with E-state index >= 15 is 0 Å². The van der Waals surface area contributed by atoms with Crippen molar-refractivity contribution < 1.29 is 9.26 Å². The molecule has 1 N–H and O–H groups in total. The van der Waals surface area contributed by atoms with Gasteiger partial charge in [-0.2, -0.15) is 10.4 Å². The van der Waals surface area contributed by atoms with Crippen LogP contribution in [0.4, 0.5) is 0 Å². The number of hydrogen-bond donors (Lipinski definition) is 1. The molecule has 6 nitrogen and oxygen atoms in total. The summed E-state index contributed by atoms with van der Waals surface area (Å²) >= 11 is 0. The van der Waals surface area contributed by atoms with E-state index in [1.807, 2.05) is 22.9 Å². The highest BCUT2D eigenvalue weighted by Crippen LogP contribution is 2.31. The third-order valence-corrected chi connectivity index (χ3v) is 4.50. The summed E-state index contributed by atoms with van der Waals surface area (Å²) in [5.74, 6) is 0. The number of H-pyrrole nitrogens is 1. The van der Waals surface area contributed by atoms with Crippen LogP contribution < -0.4 is 5.56 Å². The standard InChI is InChI=1S/C18H11N3O3/c19-6-12-7-21(13-1-2-14-17(5-13)24-20-18(14)22)16-4-11-9-23-8-10(11)3-15(12)16/h1-5,7H,8-9H2,(H,20,22). The third kappa shape index (κ3) is 1.70. The maximum Gasteiger partial charge on any atom is 0.287 e. The van der Waals surface area contributed by atoms with Gasteiger partial charge >= 0.3 is 0 Å². The Bertz CT molecular complexity index is 1220. The second kappa shape index (κ2) is 4.60. The lowest BCUT2D eigenvalue weighted by Gasteiger charge is -2.06. The van der Waals surface area contributed by atoms with Gasteiger partial charge in [0, 0.05) is 23.3 Å². The molecule has 0 saturated heterocycles. The van der Waals surface area contributed by atoms with Gasteiger partial charge in [-0.3, -0.25) is 4.79 Å². The molecule has 0 bridgehead atoms. The molecule has 24 heavy (non-hydrogen) atoms. The topological polar surface area (TPSA) is 84.0 Å². The van der Waals surface area contributed by atoms with Gasteiger partial charge in [-0.1, -0.05) is 0 Å². The number of nitrogens with one attached hydrogen (secondary N) is 1. The van der Waals surface area contributed by atoms with Gasteiger partial charge in [-0.25, -0.2) is 0 Å². The molecule has 0 unspecified atom stereocenters. The molecule has 0 aliphatic carbocycles. The first-order valence-electron chi connectivity index (χ1n) is 7.51. The van der Waals surface area contributed by atoms with Crippen LogP contribution in [0.1, 0.15) is 16.7 Å².